The van der Waals surface area contributed by atoms with Crippen LogP contribution < -0.4 is 10.2 Å². The van der Waals surface area contributed by atoms with Crippen LogP contribution in [0.3, 0.4) is 0 Å². The van der Waals surface area contributed by atoms with E-state index >= 15 is 0 Å². The number of ether oxygens (including phenoxy) is 1. The lowest BCUT2D eigenvalue weighted by molar-refractivity contribution is -0.117. The van der Waals surface area contributed by atoms with Gasteiger partial charge in [0.1, 0.15) is 11.6 Å². The fraction of sp³-hybridized carbons (Fsp3) is 0.524. The van der Waals surface area contributed by atoms with Crippen LogP contribution in [0.5, 0.6) is 0 Å². The lowest BCUT2D eigenvalue weighted by Crippen LogP contribution is -2.44. The van der Waals surface area contributed by atoms with Crippen LogP contribution in [0.15, 0.2) is 42.1 Å². The van der Waals surface area contributed by atoms with Gasteiger partial charge < -0.3 is 19.9 Å². The molecule has 1 N–H and O–H groups in total. The van der Waals surface area contributed by atoms with E-state index < -0.39 is 0 Å². The number of carbonyl (C=O) groups excluding carboxylic acids is 1. The SMILES string of the molecule is CCCCOCCCNC(=O)/C(C#N)=C\N1CCN(c2ccccc2)CC1. The first kappa shape index (κ1) is 20.8. The van der Waals surface area contributed by atoms with Gasteiger partial charge in [0.15, 0.2) is 0 Å². The Morgan fingerprint density at radius 1 is 1.19 bits per heavy atom. The summed E-state index contributed by atoms with van der Waals surface area (Å²) in [6.45, 7) is 7.37. The van der Waals surface area contributed by atoms with Gasteiger partial charge in [-0.05, 0) is 25.0 Å². The minimum atomic E-state index is -0.309. The number of rotatable bonds is 10. The molecule has 1 amide bonds. The summed E-state index contributed by atoms with van der Waals surface area (Å²) < 4.78 is 5.47. The number of piperazine rings is 1. The van der Waals surface area contributed by atoms with Gasteiger partial charge >= 0.3 is 0 Å². The number of hydrogen-bond donors (Lipinski definition) is 1. The highest BCUT2D eigenvalue weighted by atomic mass is 16.5. The van der Waals surface area contributed by atoms with E-state index in [2.05, 4.69) is 29.3 Å². The summed E-state index contributed by atoms with van der Waals surface area (Å²) >= 11 is 0. The van der Waals surface area contributed by atoms with Gasteiger partial charge in [-0.15, -0.1) is 0 Å². The quantitative estimate of drug-likeness (QED) is 0.389. The highest BCUT2D eigenvalue weighted by Gasteiger charge is 2.17. The van der Waals surface area contributed by atoms with Crippen LogP contribution in [0.25, 0.3) is 0 Å². The number of carbonyl (C=O) groups is 1. The number of unbranched alkanes of at least 4 members (excludes halogenated alkanes) is 1. The van der Waals surface area contributed by atoms with Gasteiger partial charge in [0.2, 0.25) is 0 Å². The van der Waals surface area contributed by atoms with Crippen molar-refractivity contribution in [2.75, 3.05) is 50.8 Å². The lowest BCUT2D eigenvalue weighted by Gasteiger charge is -2.35. The largest absolute Gasteiger partial charge is 0.381 e. The molecule has 6 nitrogen and oxygen atoms in total. The molecule has 0 saturated carbocycles. The summed E-state index contributed by atoms with van der Waals surface area (Å²) in [5.41, 5.74) is 1.37. The third kappa shape index (κ3) is 7.32. The van der Waals surface area contributed by atoms with Crippen molar-refractivity contribution in [2.45, 2.75) is 26.2 Å². The molecular weight excluding hydrogens is 340 g/mol. The Balaban J connectivity index is 1.72. The number of benzene rings is 1. The summed E-state index contributed by atoms with van der Waals surface area (Å²) in [7, 11) is 0. The number of amides is 1. The molecule has 1 aromatic rings. The van der Waals surface area contributed by atoms with Gasteiger partial charge in [0, 0.05) is 57.8 Å². The molecule has 0 spiro atoms. The molecule has 6 heteroatoms. The van der Waals surface area contributed by atoms with Crippen LogP contribution in [0.1, 0.15) is 26.2 Å². The topological polar surface area (TPSA) is 68.6 Å². The smallest absolute Gasteiger partial charge is 0.263 e. The Morgan fingerprint density at radius 2 is 1.89 bits per heavy atom. The molecule has 0 atom stereocenters. The van der Waals surface area contributed by atoms with E-state index in [-0.39, 0.29) is 11.5 Å². The van der Waals surface area contributed by atoms with Crippen molar-refractivity contribution in [2.24, 2.45) is 0 Å². The standard InChI is InChI=1S/C21H30N4O2/c1-2-3-15-27-16-7-10-23-21(26)19(17-22)18-24-11-13-25(14-12-24)20-8-5-4-6-9-20/h4-6,8-9,18H,2-3,7,10-16H2,1H3,(H,23,26)/b19-18-. The van der Waals surface area contributed by atoms with Crippen molar-refractivity contribution in [1.29, 1.82) is 5.26 Å². The predicted octanol–water partition coefficient (Wildman–Crippen LogP) is 2.54. The third-order valence-electron chi connectivity index (χ3n) is 4.51. The van der Waals surface area contributed by atoms with Gasteiger partial charge in [0.05, 0.1) is 0 Å². The van der Waals surface area contributed by atoms with Crippen LogP contribution in [0, 0.1) is 11.3 Å². The van der Waals surface area contributed by atoms with Gasteiger partial charge in [-0.3, -0.25) is 4.79 Å². The monoisotopic (exact) mass is 370 g/mol. The highest BCUT2D eigenvalue weighted by molar-refractivity contribution is 5.97. The predicted molar refractivity (Wildman–Crippen MR) is 107 cm³/mol. The van der Waals surface area contributed by atoms with Crippen molar-refractivity contribution < 1.29 is 9.53 Å². The van der Waals surface area contributed by atoms with Crippen LogP contribution in [-0.2, 0) is 9.53 Å². The number of nitrogens with zero attached hydrogens (tertiary/aromatic N) is 3. The van der Waals surface area contributed by atoms with Gasteiger partial charge in [0.25, 0.3) is 5.91 Å². The Morgan fingerprint density at radius 3 is 2.56 bits per heavy atom. The summed E-state index contributed by atoms with van der Waals surface area (Å²) in [6.07, 6.45) is 4.62. The molecule has 1 heterocycles. The summed E-state index contributed by atoms with van der Waals surface area (Å²) in [6, 6.07) is 12.3. The Bertz CT molecular complexity index is 631. The van der Waals surface area contributed by atoms with Crippen molar-refractivity contribution >= 4 is 11.6 Å². The van der Waals surface area contributed by atoms with E-state index in [4.69, 9.17) is 4.74 Å². The van der Waals surface area contributed by atoms with E-state index in [9.17, 15) is 10.1 Å². The number of anilines is 1. The molecule has 2 rings (SSSR count). The van der Waals surface area contributed by atoms with E-state index in [0.717, 1.165) is 52.0 Å². The van der Waals surface area contributed by atoms with E-state index in [1.165, 1.54) is 5.69 Å². The zero-order chi connectivity index (χ0) is 19.3. The zero-order valence-electron chi connectivity index (χ0n) is 16.2. The second-order valence-corrected chi connectivity index (χ2v) is 6.59. The molecule has 1 aromatic carbocycles. The molecule has 1 aliphatic rings. The molecule has 146 valence electrons. The maximum Gasteiger partial charge on any atom is 0.263 e. The van der Waals surface area contributed by atoms with Crippen molar-refractivity contribution in [3.8, 4) is 6.07 Å². The first-order valence-electron chi connectivity index (χ1n) is 9.76. The Hall–Kier alpha value is -2.52. The molecule has 0 aromatic heterocycles. The molecule has 1 aliphatic heterocycles. The van der Waals surface area contributed by atoms with Gasteiger partial charge in [-0.1, -0.05) is 31.5 Å². The second-order valence-electron chi connectivity index (χ2n) is 6.59. The maximum absolute atomic E-state index is 12.2. The van der Waals surface area contributed by atoms with E-state index in [0.29, 0.717) is 13.2 Å². The number of hydrogen-bond acceptors (Lipinski definition) is 5. The van der Waals surface area contributed by atoms with Crippen molar-refractivity contribution in [1.82, 2.24) is 10.2 Å². The zero-order valence-corrected chi connectivity index (χ0v) is 16.2. The molecule has 1 fully saturated rings. The van der Waals surface area contributed by atoms with Crippen LogP contribution in [0.4, 0.5) is 5.69 Å². The van der Waals surface area contributed by atoms with Gasteiger partial charge in [-0.2, -0.15) is 5.26 Å². The van der Waals surface area contributed by atoms with Crippen LogP contribution in [-0.4, -0.2) is 56.7 Å². The molecule has 27 heavy (non-hydrogen) atoms. The molecular formula is C21H30N4O2. The minimum Gasteiger partial charge on any atom is -0.381 e. The fourth-order valence-electron chi connectivity index (χ4n) is 2.89. The first-order valence-corrected chi connectivity index (χ1v) is 9.76. The van der Waals surface area contributed by atoms with Crippen molar-refractivity contribution in [3.05, 3.63) is 42.1 Å². The average Bonchev–Trinajstić information content (AvgIpc) is 2.72. The number of para-hydroxylation sites is 1. The van der Waals surface area contributed by atoms with Crippen LogP contribution >= 0.6 is 0 Å². The number of nitriles is 1. The Labute approximate surface area is 162 Å². The number of nitrogens with one attached hydrogen (secondary N) is 1. The summed E-state index contributed by atoms with van der Waals surface area (Å²) in [4.78, 5) is 16.6. The molecule has 0 aliphatic carbocycles. The third-order valence-corrected chi connectivity index (χ3v) is 4.51. The molecule has 1 saturated heterocycles. The fourth-order valence-corrected chi connectivity index (χ4v) is 2.89. The first-order chi connectivity index (χ1) is 13.2. The van der Waals surface area contributed by atoms with Crippen molar-refractivity contribution in [3.63, 3.8) is 0 Å². The molecule has 0 bridgehead atoms. The van der Waals surface area contributed by atoms with E-state index in [1.54, 1.807) is 6.20 Å². The minimum absolute atomic E-state index is 0.162. The van der Waals surface area contributed by atoms with E-state index in [1.807, 2.05) is 29.2 Å². The molecule has 0 unspecified atom stereocenters. The highest BCUT2D eigenvalue weighted by Crippen LogP contribution is 2.16. The average molecular weight is 370 g/mol. The Kier molecular flexibility index (Phi) is 9.22. The summed E-state index contributed by atoms with van der Waals surface area (Å²) in [5, 5.41) is 12.1. The second kappa shape index (κ2) is 12.0. The summed E-state index contributed by atoms with van der Waals surface area (Å²) in [5.74, 6) is -0.309. The normalized spacial score (nSPS) is 14.7. The maximum atomic E-state index is 12.2. The molecule has 0 radical (unpaired) electrons. The van der Waals surface area contributed by atoms with Gasteiger partial charge in [-0.25, -0.2) is 0 Å². The van der Waals surface area contributed by atoms with Crippen LogP contribution in [0.2, 0.25) is 0 Å². The lowest BCUT2D eigenvalue weighted by atomic mass is 10.2.